The largest absolute Gasteiger partial charge is 0.481 e. The standard InChI is InChI=1S/C18H16N2O4.C14H16N2OS/c1-19-11-10-16(21)20(18(19)24)15-7-3-5-13-12(8-9-17(22)23)4-2-6-14(13)15;1-14(2,3)13-16-10(11(18-13)12(15)17)9-7-5-4-6-8-9/h2-7,10-11H,8-9H2,1H3,(H,22,23);4-8H,1-3H3,(H2,15,17). The van der Waals surface area contributed by atoms with Gasteiger partial charge in [-0.3, -0.25) is 14.4 Å². The van der Waals surface area contributed by atoms with Crippen LogP contribution in [0.5, 0.6) is 0 Å². The van der Waals surface area contributed by atoms with Gasteiger partial charge in [0.25, 0.3) is 11.5 Å². The van der Waals surface area contributed by atoms with Crippen LogP contribution in [0.15, 0.2) is 88.6 Å². The van der Waals surface area contributed by atoms with Crippen LogP contribution in [0, 0.1) is 0 Å². The molecule has 3 aromatic carbocycles. The van der Waals surface area contributed by atoms with Gasteiger partial charge < -0.3 is 15.4 Å². The number of nitrogens with two attached hydrogens (primary N) is 1. The normalized spacial score (nSPS) is 11.1. The van der Waals surface area contributed by atoms with Gasteiger partial charge in [-0.25, -0.2) is 14.3 Å². The lowest BCUT2D eigenvalue weighted by Gasteiger charge is -2.13. The SMILES string of the molecule is CC(C)(C)c1nc(-c2ccccc2)c(C(N)=O)s1.Cn1ccc(=O)n(-c2cccc3c(CCC(=O)O)cccc23)c1=O. The highest BCUT2D eigenvalue weighted by Gasteiger charge is 2.24. The third-order valence-corrected chi connectivity index (χ3v) is 8.03. The number of aromatic nitrogens is 3. The molecule has 5 aromatic rings. The highest BCUT2D eigenvalue weighted by atomic mass is 32.1. The van der Waals surface area contributed by atoms with Crippen molar-refractivity contribution in [3.8, 4) is 16.9 Å². The minimum Gasteiger partial charge on any atom is -0.481 e. The molecule has 2 aromatic heterocycles. The molecule has 3 N–H and O–H groups in total. The molecule has 216 valence electrons. The van der Waals surface area contributed by atoms with Gasteiger partial charge in [-0.05, 0) is 23.4 Å². The lowest BCUT2D eigenvalue weighted by Crippen LogP contribution is -2.36. The molecule has 0 aliphatic heterocycles. The number of carbonyl (C=O) groups excluding carboxylic acids is 1. The number of aliphatic carboxylic acids is 1. The number of aryl methyl sites for hydroxylation is 2. The van der Waals surface area contributed by atoms with E-state index < -0.39 is 23.1 Å². The number of nitrogens with zero attached hydrogens (tertiary/aromatic N) is 3. The predicted molar refractivity (Wildman–Crippen MR) is 166 cm³/mol. The molecule has 0 fully saturated rings. The number of carboxylic acids is 1. The van der Waals surface area contributed by atoms with Crippen molar-refractivity contribution in [2.75, 3.05) is 0 Å². The van der Waals surface area contributed by atoms with Gasteiger partial charge >= 0.3 is 11.7 Å². The Bertz CT molecular complexity index is 1880. The summed E-state index contributed by atoms with van der Waals surface area (Å²) in [5.74, 6) is -1.28. The minimum atomic E-state index is -0.865. The zero-order valence-electron chi connectivity index (χ0n) is 23.8. The zero-order valence-corrected chi connectivity index (χ0v) is 24.6. The highest BCUT2D eigenvalue weighted by molar-refractivity contribution is 7.14. The Morgan fingerprint density at radius 2 is 1.60 bits per heavy atom. The fourth-order valence-corrected chi connectivity index (χ4v) is 5.40. The van der Waals surface area contributed by atoms with E-state index >= 15 is 0 Å². The Hall–Kier alpha value is -4.83. The van der Waals surface area contributed by atoms with Crippen molar-refractivity contribution in [2.45, 2.75) is 39.0 Å². The number of carbonyl (C=O) groups is 2. The Balaban J connectivity index is 0.000000201. The van der Waals surface area contributed by atoms with Gasteiger partial charge in [0, 0.05) is 42.1 Å². The van der Waals surface area contributed by atoms with Gasteiger partial charge in [0.2, 0.25) is 0 Å². The molecule has 42 heavy (non-hydrogen) atoms. The van der Waals surface area contributed by atoms with E-state index in [1.54, 1.807) is 19.2 Å². The van der Waals surface area contributed by atoms with Crippen LogP contribution in [0.3, 0.4) is 0 Å². The number of benzene rings is 3. The van der Waals surface area contributed by atoms with Gasteiger partial charge in [0.1, 0.15) is 4.88 Å². The quantitative estimate of drug-likeness (QED) is 0.291. The van der Waals surface area contributed by atoms with E-state index in [0.717, 1.165) is 31.5 Å². The van der Waals surface area contributed by atoms with E-state index in [1.807, 2.05) is 54.6 Å². The Morgan fingerprint density at radius 1 is 0.929 bits per heavy atom. The van der Waals surface area contributed by atoms with Crippen molar-refractivity contribution in [2.24, 2.45) is 12.8 Å². The smallest absolute Gasteiger partial charge is 0.335 e. The van der Waals surface area contributed by atoms with Gasteiger partial charge in [-0.2, -0.15) is 0 Å². The van der Waals surface area contributed by atoms with Crippen molar-refractivity contribution >= 4 is 34.0 Å². The van der Waals surface area contributed by atoms with Crippen LogP contribution in [0.4, 0.5) is 0 Å². The lowest BCUT2D eigenvalue weighted by molar-refractivity contribution is -0.136. The number of hydrogen-bond donors (Lipinski definition) is 2. The summed E-state index contributed by atoms with van der Waals surface area (Å²) < 4.78 is 2.47. The third kappa shape index (κ3) is 6.55. The second-order valence-electron chi connectivity index (χ2n) is 10.7. The van der Waals surface area contributed by atoms with Crippen molar-refractivity contribution in [1.29, 1.82) is 0 Å². The molecule has 9 nitrogen and oxygen atoms in total. The second-order valence-corrected chi connectivity index (χ2v) is 11.7. The van der Waals surface area contributed by atoms with E-state index in [9.17, 15) is 19.2 Å². The molecule has 0 saturated carbocycles. The molecule has 0 bridgehead atoms. The number of fused-ring (bicyclic) bond motifs is 1. The number of rotatable bonds is 6. The number of thiazole rings is 1. The summed E-state index contributed by atoms with van der Waals surface area (Å²) in [5, 5.41) is 11.4. The maximum atomic E-state index is 12.4. The van der Waals surface area contributed by atoms with Crippen molar-refractivity contribution in [3.63, 3.8) is 0 Å². The molecule has 10 heteroatoms. The third-order valence-electron chi connectivity index (χ3n) is 6.53. The first-order valence-corrected chi connectivity index (χ1v) is 14.1. The molecule has 0 spiro atoms. The number of carboxylic acid groups (broad SMARTS) is 1. The van der Waals surface area contributed by atoms with E-state index in [1.165, 1.54) is 28.2 Å². The molecule has 2 heterocycles. The van der Waals surface area contributed by atoms with Crippen LogP contribution in [-0.4, -0.2) is 31.1 Å². The fourth-order valence-electron chi connectivity index (χ4n) is 4.40. The van der Waals surface area contributed by atoms with E-state index in [4.69, 9.17) is 10.8 Å². The summed E-state index contributed by atoms with van der Waals surface area (Å²) in [6, 6.07) is 21.9. The Kier molecular flexibility index (Phi) is 8.87. The Labute approximate surface area is 246 Å². The summed E-state index contributed by atoms with van der Waals surface area (Å²) in [6.07, 6.45) is 1.85. The summed E-state index contributed by atoms with van der Waals surface area (Å²) in [5.41, 5.74) is 7.52. The van der Waals surface area contributed by atoms with Gasteiger partial charge in [0.05, 0.1) is 16.4 Å². The van der Waals surface area contributed by atoms with Crippen molar-refractivity contribution in [3.05, 3.63) is 115 Å². The number of hydrogen-bond acceptors (Lipinski definition) is 6. The van der Waals surface area contributed by atoms with E-state index in [0.29, 0.717) is 22.7 Å². The maximum Gasteiger partial charge on any atom is 0.335 e. The molecule has 1 amide bonds. The fraction of sp³-hybridized carbons (Fsp3) is 0.219. The average Bonchev–Trinajstić information content (AvgIpc) is 3.42. The molecule has 0 unspecified atom stereocenters. The van der Waals surface area contributed by atoms with E-state index in [-0.39, 0.29) is 11.8 Å². The molecule has 0 atom stereocenters. The molecular weight excluding hydrogens is 552 g/mol. The maximum absolute atomic E-state index is 12.4. The lowest BCUT2D eigenvalue weighted by atomic mass is 9.98. The van der Waals surface area contributed by atoms with Gasteiger partial charge in [-0.1, -0.05) is 81.4 Å². The molecular formula is C32H32N4O5S. The molecule has 0 saturated heterocycles. The van der Waals surface area contributed by atoms with Crippen LogP contribution in [0.2, 0.25) is 0 Å². The molecule has 0 radical (unpaired) electrons. The number of primary amides is 1. The topological polar surface area (TPSA) is 137 Å². The Morgan fingerprint density at radius 3 is 2.24 bits per heavy atom. The minimum absolute atomic E-state index is 0.0242. The average molecular weight is 585 g/mol. The van der Waals surface area contributed by atoms with E-state index in [2.05, 4.69) is 25.8 Å². The number of amides is 1. The van der Waals surface area contributed by atoms with Crippen LogP contribution in [-0.2, 0) is 23.7 Å². The van der Waals surface area contributed by atoms with Crippen LogP contribution in [0.1, 0.15) is 47.4 Å². The van der Waals surface area contributed by atoms with Crippen LogP contribution in [0.25, 0.3) is 27.7 Å². The first kappa shape index (κ1) is 30.1. The summed E-state index contributed by atoms with van der Waals surface area (Å²) in [7, 11) is 1.59. The van der Waals surface area contributed by atoms with Gasteiger partial charge in [0.15, 0.2) is 0 Å². The molecule has 5 rings (SSSR count). The first-order valence-electron chi connectivity index (χ1n) is 13.3. The van der Waals surface area contributed by atoms with Crippen molar-refractivity contribution < 1.29 is 14.7 Å². The molecule has 0 aliphatic rings. The summed E-state index contributed by atoms with van der Waals surface area (Å²) in [4.78, 5) is 52.1. The summed E-state index contributed by atoms with van der Waals surface area (Å²) >= 11 is 1.38. The summed E-state index contributed by atoms with van der Waals surface area (Å²) in [6.45, 7) is 6.22. The van der Waals surface area contributed by atoms with Crippen LogP contribution >= 0.6 is 11.3 Å². The van der Waals surface area contributed by atoms with Gasteiger partial charge in [-0.15, -0.1) is 11.3 Å². The zero-order chi connectivity index (χ0) is 30.6. The second kappa shape index (κ2) is 12.4. The first-order chi connectivity index (χ1) is 19.9. The van der Waals surface area contributed by atoms with Crippen molar-refractivity contribution in [1.82, 2.24) is 14.1 Å². The van der Waals surface area contributed by atoms with Crippen LogP contribution < -0.4 is 17.0 Å². The highest BCUT2D eigenvalue weighted by Crippen LogP contribution is 2.34. The predicted octanol–water partition coefficient (Wildman–Crippen LogP) is 4.91. The molecule has 0 aliphatic carbocycles. The monoisotopic (exact) mass is 584 g/mol.